The minimum absolute atomic E-state index is 0.200. The van der Waals surface area contributed by atoms with E-state index in [0.717, 1.165) is 24.5 Å². The van der Waals surface area contributed by atoms with Crippen LogP contribution in [-0.4, -0.2) is 20.6 Å². The molecule has 82 valence electrons. The second kappa shape index (κ2) is 4.47. The Morgan fingerprint density at radius 1 is 1.47 bits per heavy atom. The Kier molecular flexibility index (Phi) is 3.04. The zero-order chi connectivity index (χ0) is 10.7. The number of carboxylic acid groups (broad SMARTS) is 1. The zero-order valence-electron chi connectivity index (χ0n) is 8.78. The van der Waals surface area contributed by atoms with Crippen LogP contribution < -0.4 is 0 Å². The van der Waals surface area contributed by atoms with Gasteiger partial charge in [0.1, 0.15) is 5.82 Å². The van der Waals surface area contributed by atoms with Gasteiger partial charge in [-0.1, -0.05) is 6.42 Å². The summed E-state index contributed by atoms with van der Waals surface area (Å²) in [6.07, 6.45) is 7.31. The van der Waals surface area contributed by atoms with E-state index >= 15 is 0 Å². The first-order chi connectivity index (χ1) is 7.27. The summed E-state index contributed by atoms with van der Waals surface area (Å²) in [5.74, 6) is 0.395. The van der Waals surface area contributed by atoms with Gasteiger partial charge in [-0.3, -0.25) is 4.79 Å². The van der Waals surface area contributed by atoms with Crippen LogP contribution in [0.5, 0.6) is 0 Å². The van der Waals surface area contributed by atoms with E-state index in [1.807, 2.05) is 6.20 Å². The quantitative estimate of drug-likeness (QED) is 0.821. The Bertz CT molecular complexity index is 357. The lowest BCUT2D eigenvalue weighted by atomic mass is 10.2. The maximum absolute atomic E-state index is 10.5. The number of imidazole rings is 1. The molecule has 1 aliphatic heterocycles. The van der Waals surface area contributed by atoms with E-state index in [0.29, 0.717) is 6.42 Å². The summed E-state index contributed by atoms with van der Waals surface area (Å²) in [4.78, 5) is 14.9. The van der Waals surface area contributed by atoms with Gasteiger partial charge in [0.15, 0.2) is 0 Å². The number of carboxylic acids is 1. The Labute approximate surface area is 88.9 Å². The molecule has 1 aliphatic rings. The highest BCUT2D eigenvalue weighted by molar-refractivity contribution is 5.66. The van der Waals surface area contributed by atoms with Crippen molar-refractivity contribution >= 4 is 5.97 Å². The monoisotopic (exact) mass is 208 g/mol. The van der Waals surface area contributed by atoms with Crippen molar-refractivity contribution in [2.24, 2.45) is 0 Å². The average molecular weight is 208 g/mol. The molecule has 0 unspecified atom stereocenters. The molecule has 0 fully saturated rings. The number of nitrogens with zero attached hydrogens (tertiary/aromatic N) is 2. The third-order valence-corrected chi connectivity index (χ3v) is 2.90. The van der Waals surface area contributed by atoms with E-state index in [1.54, 1.807) is 0 Å². The minimum Gasteiger partial charge on any atom is -0.481 e. The molecule has 0 saturated carbocycles. The second-order valence-electron chi connectivity index (χ2n) is 4.02. The summed E-state index contributed by atoms with van der Waals surface area (Å²) in [5, 5.41) is 8.64. The van der Waals surface area contributed by atoms with E-state index in [9.17, 15) is 4.79 Å². The molecule has 15 heavy (non-hydrogen) atoms. The largest absolute Gasteiger partial charge is 0.481 e. The van der Waals surface area contributed by atoms with E-state index in [4.69, 9.17) is 5.11 Å². The van der Waals surface area contributed by atoms with Crippen LogP contribution in [-0.2, 0) is 24.2 Å². The van der Waals surface area contributed by atoms with Gasteiger partial charge in [0.2, 0.25) is 0 Å². The molecule has 0 saturated heterocycles. The fraction of sp³-hybridized carbons (Fsp3) is 0.636. The Morgan fingerprint density at radius 2 is 2.33 bits per heavy atom. The summed E-state index contributed by atoms with van der Waals surface area (Å²) in [6, 6.07) is 0. The lowest BCUT2D eigenvalue weighted by Crippen LogP contribution is -2.07. The van der Waals surface area contributed by atoms with Gasteiger partial charge in [-0.15, -0.1) is 0 Å². The van der Waals surface area contributed by atoms with Crippen LogP contribution in [0.4, 0.5) is 0 Å². The molecule has 0 aliphatic carbocycles. The Morgan fingerprint density at radius 3 is 3.13 bits per heavy atom. The SMILES string of the molecule is O=C(O)CCc1cnc2n1CCCCC2. The van der Waals surface area contributed by atoms with Crippen molar-refractivity contribution in [2.75, 3.05) is 0 Å². The van der Waals surface area contributed by atoms with Crippen molar-refractivity contribution < 1.29 is 9.90 Å². The van der Waals surface area contributed by atoms with Crippen LogP contribution >= 0.6 is 0 Å². The fourth-order valence-corrected chi connectivity index (χ4v) is 2.09. The van der Waals surface area contributed by atoms with Crippen LogP contribution in [0.2, 0.25) is 0 Å². The lowest BCUT2D eigenvalue weighted by molar-refractivity contribution is -0.136. The fourth-order valence-electron chi connectivity index (χ4n) is 2.09. The van der Waals surface area contributed by atoms with E-state index in [1.165, 1.54) is 19.3 Å². The predicted molar refractivity (Wildman–Crippen MR) is 55.7 cm³/mol. The average Bonchev–Trinajstić information content (AvgIpc) is 2.44. The van der Waals surface area contributed by atoms with Gasteiger partial charge in [-0.25, -0.2) is 4.98 Å². The first kappa shape index (κ1) is 10.2. The molecular formula is C11H16N2O2. The highest BCUT2D eigenvalue weighted by atomic mass is 16.4. The van der Waals surface area contributed by atoms with Gasteiger partial charge in [0.05, 0.1) is 6.42 Å². The molecule has 0 atom stereocenters. The summed E-state index contributed by atoms with van der Waals surface area (Å²) < 4.78 is 2.20. The number of carbonyl (C=O) groups is 1. The first-order valence-corrected chi connectivity index (χ1v) is 5.52. The standard InChI is InChI=1S/C11H16N2O2/c14-11(15)6-5-9-8-12-10-4-2-1-3-7-13(9)10/h8H,1-7H2,(H,14,15). The Hall–Kier alpha value is -1.32. The zero-order valence-corrected chi connectivity index (χ0v) is 8.78. The number of fused-ring (bicyclic) bond motifs is 1. The van der Waals surface area contributed by atoms with Crippen LogP contribution in [0, 0.1) is 0 Å². The normalized spacial score (nSPS) is 15.7. The molecule has 0 bridgehead atoms. The summed E-state index contributed by atoms with van der Waals surface area (Å²) in [6.45, 7) is 1.00. The van der Waals surface area contributed by atoms with Crippen molar-refractivity contribution in [3.05, 3.63) is 17.7 Å². The van der Waals surface area contributed by atoms with Crippen LogP contribution in [0.3, 0.4) is 0 Å². The summed E-state index contributed by atoms with van der Waals surface area (Å²) in [7, 11) is 0. The molecule has 0 spiro atoms. The van der Waals surface area contributed by atoms with Gasteiger partial charge >= 0.3 is 5.97 Å². The highest BCUT2D eigenvalue weighted by Crippen LogP contribution is 2.16. The summed E-state index contributed by atoms with van der Waals surface area (Å²) in [5.41, 5.74) is 1.08. The maximum Gasteiger partial charge on any atom is 0.303 e. The molecule has 1 N–H and O–H groups in total. The highest BCUT2D eigenvalue weighted by Gasteiger charge is 2.13. The maximum atomic E-state index is 10.5. The molecule has 2 rings (SSSR count). The van der Waals surface area contributed by atoms with Gasteiger partial charge in [-0.2, -0.15) is 0 Å². The number of aromatic nitrogens is 2. The smallest absolute Gasteiger partial charge is 0.303 e. The van der Waals surface area contributed by atoms with Crippen molar-refractivity contribution in [1.82, 2.24) is 9.55 Å². The van der Waals surface area contributed by atoms with Gasteiger partial charge < -0.3 is 9.67 Å². The molecule has 1 aromatic heterocycles. The number of hydrogen-bond donors (Lipinski definition) is 1. The number of aliphatic carboxylic acids is 1. The molecule has 4 nitrogen and oxygen atoms in total. The molecule has 1 aromatic rings. The second-order valence-corrected chi connectivity index (χ2v) is 4.02. The van der Waals surface area contributed by atoms with Gasteiger partial charge in [0, 0.05) is 24.9 Å². The van der Waals surface area contributed by atoms with Crippen molar-refractivity contribution in [1.29, 1.82) is 0 Å². The molecule has 0 aromatic carbocycles. The minimum atomic E-state index is -0.737. The van der Waals surface area contributed by atoms with E-state index < -0.39 is 5.97 Å². The summed E-state index contributed by atoms with van der Waals surface area (Å²) >= 11 is 0. The van der Waals surface area contributed by atoms with Crippen LogP contribution in [0.1, 0.15) is 37.2 Å². The number of hydrogen-bond acceptors (Lipinski definition) is 2. The Balaban J connectivity index is 2.11. The van der Waals surface area contributed by atoms with Crippen LogP contribution in [0.15, 0.2) is 6.20 Å². The molecule has 0 amide bonds. The van der Waals surface area contributed by atoms with E-state index in [-0.39, 0.29) is 6.42 Å². The van der Waals surface area contributed by atoms with Crippen molar-refractivity contribution in [3.63, 3.8) is 0 Å². The third-order valence-electron chi connectivity index (χ3n) is 2.90. The predicted octanol–water partition coefficient (Wildman–Crippen LogP) is 1.63. The van der Waals surface area contributed by atoms with E-state index in [2.05, 4.69) is 9.55 Å². The molecule has 4 heteroatoms. The molecule has 2 heterocycles. The van der Waals surface area contributed by atoms with Crippen molar-refractivity contribution in [2.45, 2.75) is 45.1 Å². The van der Waals surface area contributed by atoms with Crippen LogP contribution in [0.25, 0.3) is 0 Å². The molecule has 0 radical (unpaired) electrons. The first-order valence-electron chi connectivity index (χ1n) is 5.52. The number of rotatable bonds is 3. The molecular weight excluding hydrogens is 192 g/mol. The van der Waals surface area contributed by atoms with Gasteiger partial charge in [-0.05, 0) is 19.3 Å². The lowest BCUT2D eigenvalue weighted by Gasteiger charge is -2.07. The number of aryl methyl sites for hydroxylation is 2. The van der Waals surface area contributed by atoms with Crippen molar-refractivity contribution in [3.8, 4) is 0 Å². The third kappa shape index (κ3) is 2.37. The topological polar surface area (TPSA) is 55.1 Å². The van der Waals surface area contributed by atoms with Gasteiger partial charge in [0.25, 0.3) is 0 Å².